The number of hydrogen-bond donors (Lipinski definition) is 2. The highest BCUT2D eigenvalue weighted by Crippen LogP contribution is 2.53. The molecule has 0 aliphatic carbocycles. The Balaban J connectivity index is 0.00000240. The number of nitrogens with two attached hydrogens (primary N) is 1. The molecule has 3 aromatic carbocycles. The molecule has 9 heteroatoms. The van der Waals surface area contributed by atoms with Gasteiger partial charge in [0.25, 0.3) is 0 Å². The number of nitrogens with zero attached hydrogens (tertiary/aromatic N) is 3. The van der Waals surface area contributed by atoms with Crippen molar-refractivity contribution in [3.8, 4) is 17.0 Å². The molecule has 2 aliphatic heterocycles. The van der Waals surface area contributed by atoms with Crippen LogP contribution in [0, 0.1) is 6.92 Å². The molecule has 180 valence electrons. The lowest BCUT2D eigenvalue weighted by atomic mass is 9.77. The number of anilines is 2. The summed E-state index contributed by atoms with van der Waals surface area (Å²) in [5.41, 5.74) is 11.9. The second-order valence-electron chi connectivity index (χ2n) is 9.12. The zero-order chi connectivity index (χ0) is 23.7. The number of carbonyl (C=O) groups excluding carboxylic acids is 1. The zero-order valence-corrected chi connectivity index (χ0v) is 20.1. The maximum Gasteiger partial charge on any atom is 0.246 e. The molecule has 0 fully saturated rings. The Bertz CT molecular complexity index is 1640. The number of aromatic nitrogens is 3. The fourth-order valence-electron chi connectivity index (χ4n) is 5.34. The van der Waals surface area contributed by atoms with Crippen molar-refractivity contribution in [3.05, 3.63) is 89.1 Å². The lowest BCUT2D eigenvalue weighted by molar-refractivity contribution is -0.122. The lowest BCUT2D eigenvalue weighted by Gasteiger charge is -2.23. The first-order valence-electron chi connectivity index (χ1n) is 11.4. The molecule has 36 heavy (non-hydrogen) atoms. The number of fused-ring (bicyclic) bond motifs is 5. The van der Waals surface area contributed by atoms with Crippen LogP contribution in [0.3, 0.4) is 0 Å². The van der Waals surface area contributed by atoms with E-state index in [1.165, 1.54) is 0 Å². The molecule has 1 unspecified atom stereocenters. The summed E-state index contributed by atoms with van der Waals surface area (Å²) in [5, 5.41) is 11.9. The molecule has 8 nitrogen and oxygen atoms in total. The van der Waals surface area contributed by atoms with Crippen LogP contribution in [0.2, 0.25) is 0 Å². The van der Waals surface area contributed by atoms with Crippen molar-refractivity contribution in [2.45, 2.75) is 18.9 Å². The van der Waals surface area contributed by atoms with Crippen LogP contribution in [0.1, 0.15) is 22.4 Å². The summed E-state index contributed by atoms with van der Waals surface area (Å²) in [5.74, 6) is 1.13. The number of carbonyl (C=O) groups is 1. The van der Waals surface area contributed by atoms with Crippen LogP contribution in [-0.4, -0.2) is 27.9 Å². The number of nitrogens with one attached hydrogen (secondary N) is 1. The predicted molar refractivity (Wildman–Crippen MR) is 138 cm³/mol. The molecule has 0 radical (unpaired) electrons. The van der Waals surface area contributed by atoms with Crippen molar-refractivity contribution in [3.63, 3.8) is 0 Å². The van der Waals surface area contributed by atoms with Crippen LogP contribution < -0.4 is 15.4 Å². The van der Waals surface area contributed by atoms with Crippen molar-refractivity contribution in [2.75, 3.05) is 17.2 Å². The fraction of sp³-hybridized carbons (Fsp3) is 0.148. The minimum atomic E-state index is -0.892. The highest BCUT2D eigenvalue weighted by atomic mass is 35.5. The van der Waals surface area contributed by atoms with E-state index in [1.54, 1.807) is 6.07 Å². The quantitative estimate of drug-likeness (QED) is 0.370. The first kappa shape index (κ1) is 22.2. The molecule has 0 saturated carbocycles. The number of benzene rings is 3. The Morgan fingerprint density at radius 1 is 1.08 bits per heavy atom. The molecule has 2 aromatic heterocycles. The predicted octanol–water partition coefficient (Wildman–Crippen LogP) is 4.76. The normalized spacial score (nSPS) is 17.8. The minimum Gasteiger partial charge on any atom is -0.491 e. The number of para-hydroxylation sites is 1. The lowest BCUT2D eigenvalue weighted by Crippen LogP contribution is -2.42. The van der Waals surface area contributed by atoms with Crippen molar-refractivity contribution in [1.29, 1.82) is 0 Å². The van der Waals surface area contributed by atoms with E-state index in [2.05, 4.69) is 15.4 Å². The molecule has 1 amide bonds. The van der Waals surface area contributed by atoms with Gasteiger partial charge in [0.2, 0.25) is 5.91 Å². The third kappa shape index (κ3) is 2.97. The van der Waals surface area contributed by atoms with Gasteiger partial charge < -0.3 is 19.9 Å². The molecule has 0 saturated heterocycles. The van der Waals surface area contributed by atoms with E-state index in [1.807, 2.05) is 72.5 Å². The third-order valence-corrected chi connectivity index (χ3v) is 7.12. The summed E-state index contributed by atoms with van der Waals surface area (Å²) in [6.45, 7) is 2.61. The second kappa shape index (κ2) is 7.86. The van der Waals surface area contributed by atoms with Crippen LogP contribution in [0.25, 0.3) is 22.2 Å². The number of aromatic amines is 1. The van der Waals surface area contributed by atoms with Gasteiger partial charge in [-0.1, -0.05) is 47.6 Å². The van der Waals surface area contributed by atoms with Gasteiger partial charge in [-0.05, 0) is 35.7 Å². The van der Waals surface area contributed by atoms with Crippen molar-refractivity contribution < 1.29 is 14.1 Å². The van der Waals surface area contributed by atoms with Crippen molar-refractivity contribution in [2.24, 2.45) is 0 Å². The average molecular weight is 500 g/mol. The number of amides is 1. The molecule has 3 N–H and O–H groups in total. The largest absolute Gasteiger partial charge is 0.491 e. The highest BCUT2D eigenvalue weighted by molar-refractivity contribution is 6.12. The molecular weight excluding hydrogens is 478 g/mol. The van der Waals surface area contributed by atoms with E-state index in [0.29, 0.717) is 23.7 Å². The molecule has 1 spiro atoms. The molecule has 4 heterocycles. The van der Waals surface area contributed by atoms with Gasteiger partial charge in [-0.2, -0.15) is 5.10 Å². The molecule has 0 bridgehead atoms. The van der Waals surface area contributed by atoms with E-state index in [4.69, 9.17) is 15.0 Å². The number of aryl methyl sites for hydroxylation is 1. The SMILES string of the molecule is Cc1noc2cc3c(cc12)C1(CO3)C(=O)N(Cc2ccc(-c3cc(N)n[nH]3)cc2)c2ccccc21.Cl. The number of nitrogen functional groups attached to an aromatic ring is 1. The maximum atomic E-state index is 14.2. The number of rotatable bonds is 3. The fourth-order valence-corrected chi connectivity index (χ4v) is 5.34. The summed E-state index contributed by atoms with van der Waals surface area (Å²) in [7, 11) is 0. The number of H-pyrrole nitrogens is 1. The molecule has 2 aliphatic rings. The van der Waals surface area contributed by atoms with Crippen LogP contribution in [0.4, 0.5) is 11.5 Å². The molecule has 7 rings (SSSR count). The summed E-state index contributed by atoms with van der Waals surface area (Å²) in [6.07, 6.45) is 0. The summed E-state index contributed by atoms with van der Waals surface area (Å²) in [4.78, 5) is 16.0. The Morgan fingerprint density at radius 2 is 1.89 bits per heavy atom. The van der Waals surface area contributed by atoms with Gasteiger partial charge in [0.15, 0.2) is 5.58 Å². The topological polar surface area (TPSA) is 110 Å². The maximum absolute atomic E-state index is 14.2. The van der Waals surface area contributed by atoms with E-state index in [0.717, 1.165) is 44.7 Å². The van der Waals surface area contributed by atoms with Gasteiger partial charge in [0.05, 0.1) is 17.9 Å². The van der Waals surface area contributed by atoms with Gasteiger partial charge in [0.1, 0.15) is 23.6 Å². The van der Waals surface area contributed by atoms with Gasteiger partial charge in [0, 0.05) is 28.8 Å². The average Bonchev–Trinajstić information content (AvgIpc) is 3.63. The number of hydrogen-bond acceptors (Lipinski definition) is 6. The molecular formula is C27H22ClN5O3. The zero-order valence-electron chi connectivity index (χ0n) is 19.3. The summed E-state index contributed by atoms with van der Waals surface area (Å²) < 4.78 is 11.5. The second-order valence-corrected chi connectivity index (χ2v) is 9.12. The van der Waals surface area contributed by atoms with E-state index in [9.17, 15) is 4.79 Å². The van der Waals surface area contributed by atoms with Crippen molar-refractivity contribution in [1.82, 2.24) is 15.4 Å². The molecule has 5 aromatic rings. The minimum absolute atomic E-state index is 0. The van der Waals surface area contributed by atoms with Crippen molar-refractivity contribution >= 4 is 40.8 Å². The Labute approximate surface area is 212 Å². The number of halogens is 1. The van der Waals surface area contributed by atoms with Crippen LogP contribution in [-0.2, 0) is 16.8 Å². The van der Waals surface area contributed by atoms with E-state index >= 15 is 0 Å². The highest BCUT2D eigenvalue weighted by Gasteiger charge is 2.57. The van der Waals surface area contributed by atoms with Gasteiger partial charge in [-0.25, -0.2) is 0 Å². The van der Waals surface area contributed by atoms with Crippen LogP contribution >= 0.6 is 12.4 Å². The summed E-state index contributed by atoms with van der Waals surface area (Å²) >= 11 is 0. The van der Waals surface area contributed by atoms with Gasteiger partial charge in [-0.15, -0.1) is 12.4 Å². The van der Waals surface area contributed by atoms with E-state index in [-0.39, 0.29) is 24.9 Å². The van der Waals surface area contributed by atoms with Gasteiger partial charge >= 0.3 is 0 Å². The molecule has 1 atom stereocenters. The first-order valence-corrected chi connectivity index (χ1v) is 11.4. The Morgan fingerprint density at radius 3 is 2.67 bits per heavy atom. The summed E-state index contributed by atoms with van der Waals surface area (Å²) in [6, 6.07) is 21.7. The van der Waals surface area contributed by atoms with Gasteiger partial charge in [-0.3, -0.25) is 9.89 Å². The monoisotopic (exact) mass is 499 g/mol. The van der Waals surface area contributed by atoms with E-state index < -0.39 is 5.41 Å². The Hall–Kier alpha value is -4.30. The first-order chi connectivity index (χ1) is 17.0. The Kier molecular flexibility index (Phi) is 4.84. The number of ether oxygens (including phenoxy) is 1. The smallest absolute Gasteiger partial charge is 0.246 e. The van der Waals surface area contributed by atoms with Crippen LogP contribution in [0.15, 0.2) is 71.3 Å². The third-order valence-electron chi connectivity index (χ3n) is 7.12. The standard InChI is InChI=1S/C27H21N5O3.ClH/c1-15-18-10-20-24(12-23(18)35-31-15)34-14-27(20)19-4-2-3-5-22(19)32(26(27)33)13-16-6-8-17(9-7-16)21-11-25(28)30-29-21;/h2-12H,13-14H2,1H3,(H3,28,29,30);1H. The van der Waals surface area contributed by atoms with Crippen LogP contribution in [0.5, 0.6) is 5.75 Å².